The minimum absolute atomic E-state index is 0.0200. The molecule has 1 amide bonds. The molecule has 0 spiro atoms. The largest absolute Gasteiger partial charge is 0.452 e. The molecule has 0 fully saturated rings. The number of carbonyl (C=O) groups is 2. The minimum Gasteiger partial charge on any atom is -0.452 e. The summed E-state index contributed by atoms with van der Waals surface area (Å²) in [6.07, 6.45) is 1.87. The number of aryl methyl sites for hydroxylation is 2. The van der Waals surface area contributed by atoms with E-state index in [0.29, 0.717) is 13.0 Å². The first-order chi connectivity index (χ1) is 16.2. The molecule has 1 N–H and O–H groups in total. The Morgan fingerprint density at radius 2 is 2.06 bits per heavy atom. The smallest absolute Gasteiger partial charge is 0.331 e. The van der Waals surface area contributed by atoms with Crippen LogP contribution >= 0.6 is 11.5 Å². The molecule has 0 unspecified atom stereocenters. The second kappa shape index (κ2) is 9.38. The molecular weight excluding hydrogens is 448 g/mol. The third kappa shape index (κ3) is 4.72. The summed E-state index contributed by atoms with van der Waals surface area (Å²) in [4.78, 5) is 31.2. The molecule has 0 aliphatic carbocycles. The molecule has 8 heteroatoms. The maximum atomic E-state index is 13.2. The van der Waals surface area contributed by atoms with Crippen LogP contribution in [0, 0.1) is 13.8 Å². The van der Waals surface area contributed by atoms with E-state index in [2.05, 4.69) is 21.3 Å². The number of carbonyl (C=O) groups excluding carboxylic acids is 2. The van der Waals surface area contributed by atoms with Gasteiger partial charge in [-0.3, -0.25) is 4.79 Å². The zero-order chi connectivity index (χ0) is 24.5. The highest BCUT2D eigenvalue weighted by Gasteiger charge is 2.33. The highest BCUT2D eigenvalue weighted by molar-refractivity contribution is 7.09. The standard InChI is InChI=1S/C26H28N4O3S/c1-6-24(32)33-26(4,5)20-8-7-9-22-19(20)12-13-30(22)23(31)15-27-21-14-18(11-10-16(21)2)25-28-17(3)29-34-25/h6-11,14,27H,1,12-13,15H2,2-5H3. The van der Waals surface area contributed by atoms with Crippen molar-refractivity contribution in [1.82, 2.24) is 9.36 Å². The van der Waals surface area contributed by atoms with Crippen molar-refractivity contribution in [3.05, 3.63) is 71.6 Å². The number of hydrogen-bond acceptors (Lipinski definition) is 7. The quantitative estimate of drug-likeness (QED) is 0.390. The Labute approximate surface area is 203 Å². The average molecular weight is 477 g/mol. The number of nitrogens with zero attached hydrogens (tertiary/aromatic N) is 3. The van der Waals surface area contributed by atoms with Crippen molar-refractivity contribution >= 4 is 34.8 Å². The van der Waals surface area contributed by atoms with E-state index in [4.69, 9.17) is 4.74 Å². The monoisotopic (exact) mass is 476 g/mol. The van der Waals surface area contributed by atoms with Gasteiger partial charge >= 0.3 is 5.97 Å². The van der Waals surface area contributed by atoms with Crippen LogP contribution < -0.4 is 10.2 Å². The van der Waals surface area contributed by atoms with Gasteiger partial charge < -0.3 is 15.0 Å². The molecule has 176 valence electrons. The Morgan fingerprint density at radius 3 is 2.76 bits per heavy atom. The van der Waals surface area contributed by atoms with Crippen molar-refractivity contribution in [2.45, 2.75) is 39.7 Å². The first kappa shape index (κ1) is 23.6. The zero-order valence-electron chi connectivity index (χ0n) is 19.8. The molecule has 0 bridgehead atoms. The van der Waals surface area contributed by atoms with Crippen molar-refractivity contribution in [3.63, 3.8) is 0 Å². The molecule has 1 aliphatic rings. The number of aromatic nitrogens is 2. The molecule has 7 nitrogen and oxygen atoms in total. The number of ether oxygens (including phenoxy) is 1. The predicted molar refractivity (Wildman–Crippen MR) is 135 cm³/mol. The Morgan fingerprint density at radius 1 is 1.26 bits per heavy atom. The SMILES string of the molecule is C=CC(=O)OC(C)(C)c1cccc2c1CCN2C(=O)CNc1cc(-c2nc(C)ns2)ccc1C. The van der Waals surface area contributed by atoms with E-state index in [1.165, 1.54) is 11.5 Å². The highest BCUT2D eigenvalue weighted by atomic mass is 32.1. The summed E-state index contributed by atoms with van der Waals surface area (Å²) in [5, 5.41) is 4.16. The number of amides is 1. The molecule has 34 heavy (non-hydrogen) atoms. The van der Waals surface area contributed by atoms with Crippen LogP contribution in [0.4, 0.5) is 11.4 Å². The van der Waals surface area contributed by atoms with Crippen LogP contribution in [0.2, 0.25) is 0 Å². The lowest BCUT2D eigenvalue weighted by Gasteiger charge is -2.27. The number of esters is 1. The number of nitrogens with one attached hydrogen (secondary N) is 1. The van der Waals surface area contributed by atoms with Crippen LogP contribution in [0.1, 0.15) is 36.4 Å². The Hall–Kier alpha value is -3.52. The summed E-state index contributed by atoms with van der Waals surface area (Å²) in [6, 6.07) is 11.8. The molecule has 0 saturated heterocycles. The zero-order valence-corrected chi connectivity index (χ0v) is 20.7. The fourth-order valence-electron chi connectivity index (χ4n) is 4.23. The van der Waals surface area contributed by atoms with E-state index in [9.17, 15) is 9.59 Å². The van der Waals surface area contributed by atoms with Crippen molar-refractivity contribution < 1.29 is 14.3 Å². The third-order valence-corrected chi connectivity index (χ3v) is 6.80. The van der Waals surface area contributed by atoms with Crippen molar-refractivity contribution in [2.24, 2.45) is 0 Å². The lowest BCUT2D eigenvalue weighted by Crippen LogP contribution is -2.34. The summed E-state index contributed by atoms with van der Waals surface area (Å²) < 4.78 is 9.83. The fourth-order valence-corrected chi connectivity index (χ4v) is 4.90. The lowest BCUT2D eigenvalue weighted by atomic mass is 9.91. The van der Waals surface area contributed by atoms with Crippen LogP contribution in [-0.2, 0) is 26.3 Å². The molecule has 3 aromatic rings. The van der Waals surface area contributed by atoms with Crippen molar-refractivity contribution in [3.8, 4) is 10.6 Å². The van der Waals surface area contributed by atoms with Crippen molar-refractivity contribution in [1.29, 1.82) is 0 Å². The molecule has 4 rings (SSSR count). The topological polar surface area (TPSA) is 84.4 Å². The summed E-state index contributed by atoms with van der Waals surface area (Å²) in [7, 11) is 0. The molecule has 2 aromatic carbocycles. The van der Waals surface area contributed by atoms with Gasteiger partial charge in [-0.25, -0.2) is 9.78 Å². The fraction of sp³-hybridized carbons (Fsp3) is 0.308. The van der Waals surface area contributed by atoms with E-state index in [1.54, 1.807) is 4.90 Å². The van der Waals surface area contributed by atoms with Gasteiger partial charge in [0.05, 0.1) is 6.54 Å². The maximum absolute atomic E-state index is 13.2. The number of fused-ring (bicyclic) bond motifs is 1. The van der Waals surface area contributed by atoms with Gasteiger partial charge in [0.2, 0.25) is 5.91 Å². The Balaban J connectivity index is 1.51. The molecule has 0 radical (unpaired) electrons. The van der Waals surface area contributed by atoms with Gasteiger partial charge in [0.25, 0.3) is 0 Å². The second-order valence-electron chi connectivity index (χ2n) is 8.76. The number of anilines is 2. The minimum atomic E-state index is -0.825. The molecule has 2 heterocycles. The first-order valence-corrected chi connectivity index (χ1v) is 11.9. The summed E-state index contributed by atoms with van der Waals surface area (Å²) in [6.45, 7) is 11.8. The van der Waals surface area contributed by atoms with Gasteiger partial charge in [0, 0.05) is 35.1 Å². The number of rotatable bonds is 7. The Bertz CT molecular complexity index is 1260. The third-order valence-electron chi connectivity index (χ3n) is 5.94. The van der Waals surface area contributed by atoms with Crippen LogP contribution in [0.15, 0.2) is 49.1 Å². The van der Waals surface area contributed by atoms with Gasteiger partial charge in [-0.1, -0.05) is 30.8 Å². The van der Waals surface area contributed by atoms with Gasteiger partial charge in [0.1, 0.15) is 16.4 Å². The second-order valence-corrected chi connectivity index (χ2v) is 9.52. The van der Waals surface area contributed by atoms with Gasteiger partial charge in [-0.15, -0.1) is 0 Å². The molecule has 1 aliphatic heterocycles. The molecule has 0 atom stereocenters. The Kier molecular flexibility index (Phi) is 6.52. The van der Waals surface area contributed by atoms with Gasteiger partial charge in [0.15, 0.2) is 0 Å². The molecular formula is C26H28N4O3S. The number of hydrogen-bond donors (Lipinski definition) is 1. The number of benzene rings is 2. The van der Waals surface area contributed by atoms with Crippen molar-refractivity contribution in [2.75, 3.05) is 23.3 Å². The van der Waals surface area contributed by atoms with Crippen LogP contribution in [0.25, 0.3) is 10.6 Å². The van der Waals surface area contributed by atoms with E-state index in [1.807, 2.05) is 64.1 Å². The van der Waals surface area contributed by atoms with E-state index >= 15 is 0 Å². The maximum Gasteiger partial charge on any atom is 0.331 e. The van der Waals surface area contributed by atoms with E-state index in [-0.39, 0.29) is 12.5 Å². The van der Waals surface area contributed by atoms with Gasteiger partial charge in [-0.2, -0.15) is 4.37 Å². The van der Waals surface area contributed by atoms with E-state index < -0.39 is 11.6 Å². The van der Waals surface area contributed by atoms with Crippen LogP contribution in [0.3, 0.4) is 0 Å². The summed E-state index contributed by atoms with van der Waals surface area (Å²) >= 11 is 1.36. The van der Waals surface area contributed by atoms with Crippen LogP contribution in [0.5, 0.6) is 0 Å². The summed E-state index contributed by atoms with van der Waals surface area (Å²) in [5.74, 6) is 0.257. The molecule has 0 saturated carbocycles. The lowest BCUT2D eigenvalue weighted by molar-refractivity contribution is -0.151. The normalized spacial score (nSPS) is 12.9. The van der Waals surface area contributed by atoms with Crippen LogP contribution in [-0.4, -0.2) is 34.3 Å². The first-order valence-electron chi connectivity index (χ1n) is 11.1. The highest BCUT2D eigenvalue weighted by Crippen LogP contribution is 2.37. The average Bonchev–Trinajstić information content (AvgIpc) is 3.44. The predicted octanol–water partition coefficient (Wildman–Crippen LogP) is 4.79. The summed E-state index contributed by atoms with van der Waals surface area (Å²) in [5.41, 5.74) is 4.88. The molecule has 1 aromatic heterocycles. The van der Waals surface area contributed by atoms with Gasteiger partial charge in [-0.05, 0) is 68.9 Å². The van der Waals surface area contributed by atoms with E-state index in [0.717, 1.165) is 50.5 Å².